The number of carbonyl (C=O) groups is 1. The van der Waals surface area contributed by atoms with Gasteiger partial charge in [0.25, 0.3) is 0 Å². The van der Waals surface area contributed by atoms with E-state index in [-0.39, 0.29) is 5.91 Å². The first-order chi connectivity index (χ1) is 12.1. The standard InChI is InChI=1S/C20H22N2O3/c1-21(25-3)20(23)13-16-4-7-17-10-11-22(19(17)12-16)14-15-5-8-18(24-2)9-6-15/h4-12H,13-14H2,1-3H3. The van der Waals surface area contributed by atoms with Gasteiger partial charge in [0.15, 0.2) is 0 Å². The van der Waals surface area contributed by atoms with Gasteiger partial charge >= 0.3 is 0 Å². The summed E-state index contributed by atoms with van der Waals surface area (Å²) in [4.78, 5) is 17.0. The van der Waals surface area contributed by atoms with E-state index in [4.69, 9.17) is 9.57 Å². The quantitative estimate of drug-likeness (QED) is 0.648. The Morgan fingerprint density at radius 1 is 1.04 bits per heavy atom. The minimum Gasteiger partial charge on any atom is -0.497 e. The Kier molecular flexibility index (Phi) is 5.05. The minimum absolute atomic E-state index is 0.0740. The maximum absolute atomic E-state index is 12.0. The Hall–Kier alpha value is -2.79. The van der Waals surface area contributed by atoms with Gasteiger partial charge < -0.3 is 9.30 Å². The van der Waals surface area contributed by atoms with E-state index in [1.807, 2.05) is 18.2 Å². The molecule has 1 amide bonds. The molecule has 25 heavy (non-hydrogen) atoms. The van der Waals surface area contributed by atoms with Gasteiger partial charge in [0, 0.05) is 25.3 Å². The first-order valence-electron chi connectivity index (χ1n) is 8.12. The number of nitrogens with zero attached hydrogens (tertiary/aromatic N) is 2. The summed E-state index contributed by atoms with van der Waals surface area (Å²) in [6, 6.07) is 16.2. The van der Waals surface area contributed by atoms with Gasteiger partial charge in [-0.05, 0) is 40.8 Å². The number of fused-ring (bicyclic) bond motifs is 1. The summed E-state index contributed by atoms with van der Waals surface area (Å²) in [6.45, 7) is 0.767. The predicted molar refractivity (Wildman–Crippen MR) is 97.5 cm³/mol. The van der Waals surface area contributed by atoms with Crippen LogP contribution in [0, 0.1) is 0 Å². The monoisotopic (exact) mass is 338 g/mol. The summed E-state index contributed by atoms with van der Waals surface area (Å²) in [6.07, 6.45) is 2.38. The number of ether oxygens (including phenoxy) is 1. The van der Waals surface area contributed by atoms with E-state index in [9.17, 15) is 4.79 Å². The van der Waals surface area contributed by atoms with Crippen LogP contribution >= 0.6 is 0 Å². The number of likely N-dealkylation sites (N-methyl/N-ethyl adjacent to an activating group) is 1. The molecular formula is C20H22N2O3. The molecule has 0 fully saturated rings. The topological polar surface area (TPSA) is 43.7 Å². The van der Waals surface area contributed by atoms with Crippen LogP contribution < -0.4 is 4.74 Å². The van der Waals surface area contributed by atoms with Gasteiger partial charge in [-0.25, -0.2) is 5.06 Å². The van der Waals surface area contributed by atoms with Gasteiger partial charge in [0.05, 0.1) is 20.6 Å². The normalized spacial score (nSPS) is 10.8. The second-order valence-corrected chi connectivity index (χ2v) is 5.94. The van der Waals surface area contributed by atoms with E-state index >= 15 is 0 Å². The molecular weight excluding hydrogens is 316 g/mol. The molecule has 3 aromatic rings. The molecule has 0 aliphatic heterocycles. The van der Waals surface area contributed by atoms with E-state index < -0.39 is 0 Å². The minimum atomic E-state index is -0.0740. The van der Waals surface area contributed by atoms with Crippen molar-refractivity contribution in [3.05, 3.63) is 65.9 Å². The van der Waals surface area contributed by atoms with Crippen LogP contribution in [0.1, 0.15) is 11.1 Å². The molecule has 5 nitrogen and oxygen atoms in total. The fourth-order valence-electron chi connectivity index (χ4n) is 2.79. The van der Waals surface area contributed by atoms with Crippen molar-refractivity contribution in [2.45, 2.75) is 13.0 Å². The highest BCUT2D eigenvalue weighted by Crippen LogP contribution is 2.20. The second-order valence-electron chi connectivity index (χ2n) is 5.94. The second kappa shape index (κ2) is 7.40. The summed E-state index contributed by atoms with van der Waals surface area (Å²) in [5, 5.41) is 2.41. The molecule has 0 unspecified atom stereocenters. The molecule has 2 aromatic carbocycles. The fourth-order valence-corrected chi connectivity index (χ4v) is 2.79. The Labute approximate surface area is 147 Å². The van der Waals surface area contributed by atoms with Crippen molar-refractivity contribution < 1.29 is 14.4 Å². The zero-order valence-electron chi connectivity index (χ0n) is 14.7. The average molecular weight is 338 g/mol. The summed E-state index contributed by atoms with van der Waals surface area (Å²) in [7, 11) is 4.77. The van der Waals surface area contributed by atoms with E-state index in [0.29, 0.717) is 6.42 Å². The highest BCUT2D eigenvalue weighted by Gasteiger charge is 2.10. The van der Waals surface area contributed by atoms with Crippen molar-refractivity contribution in [3.8, 4) is 5.75 Å². The number of hydrogen-bond donors (Lipinski definition) is 0. The zero-order chi connectivity index (χ0) is 17.8. The van der Waals surface area contributed by atoms with Gasteiger partial charge in [-0.15, -0.1) is 0 Å². The first-order valence-corrected chi connectivity index (χ1v) is 8.12. The molecule has 0 radical (unpaired) electrons. The molecule has 5 heteroatoms. The number of aromatic nitrogens is 1. The number of rotatable bonds is 6. The molecule has 1 heterocycles. The smallest absolute Gasteiger partial charge is 0.250 e. The molecule has 0 aliphatic rings. The van der Waals surface area contributed by atoms with Crippen LogP contribution in [0.4, 0.5) is 0 Å². The third kappa shape index (κ3) is 3.83. The van der Waals surface area contributed by atoms with Crippen LogP contribution in [0.25, 0.3) is 10.9 Å². The number of hydroxylamine groups is 2. The maximum Gasteiger partial charge on any atom is 0.250 e. The number of methoxy groups -OCH3 is 1. The Morgan fingerprint density at radius 2 is 1.76 bits per heavy atom. The summed E-state index contributed by atoms with van der Waals surface area (Å²) in [5.41, 5.74) is 3.27. The van der Waals surface area contributed by atoms with E-state index in [1.54, 1.807) is 14.2 Å². The number of amides is 1. The average Bonchev–Trinajstić information content (AvgIpc) is 3.03. The Balaban J connectivity index is 1.83. The van der Waals surface area contributed by atoms with Crippen molar-refractivity contribution in [2.24, 2.45) is 0 Å². The Morgan fingerprint density at radius 3 is 2.44 bits per heavy atom. The molecule has 1 aromatic heterocycles. The lowest BCUT2D eigenvalue weighted by atomic mass is 10.1. The van der Waals surface area contributed by atoms with Crippen LogP contribution in [0.5, 0.6) is 5.75 Å². The molecule has 0 bridgehead atoms. The molecule has 0 aliphatic carbocycles. The van der Waals surface area contributed by atoms with Gasteiger partial charge in [-0.1, -0.05) is 24.3 Å². The fraction of sp³-hybridized carbons (Fsp3) is 0.250. The van der Waals surface area contributed by atoms with Gasteiger partial charge in [-0.3, -0.25) is 9.63 Å². The molecule has 130 valence electrons. The first kappa shape index (κ1) is 17.0. The zero-order valence-corrected chi connectivity index (χ0v) is 14.7. The van der Waals surface area contributed by atoms with Crippen LogP contribution in [-0.4, -0.2) is 36.8 Å². The number of benzene rings is 2. The summed E-state index contributed by atoms with van der Waals surface area (Å²) in [5.74, 6) is 0.777. The van der Waals surface area contributed by atoms with E-state index in [2.05, 4.69) is 41.1 Å². The van der Waals surface area contributed by atoms with Gasteiger partial charge in [0.2, 0.25) is 5.91 Å². The molecule has 0 saturated heterocycles. The number of carbonyl (C=O) groups excluding carboxylic acids is 1. The Bertz CT molecular complexity index is 868. The molecule has 0 spiro atoms. The molecule has 0 N–H and O–H groups in total. The number of hydrogen-bond acceptors (Lipinski definition) is 3. The van der Waals surface area contributed by atoms with E-state index in [1.165, 1.54) is 17.7 Å². The van der Waals surface area contributed by atoms with Crippen molar-refractivity contribution in [3.63, 3.8) is 0 Å². The lowest BCUT2D eigenvalue weighted by Crippen LogP contribution is -2.26. The van der Waals surface area contributed by atoms with Crippen molar-refractivity contribution in [1.29, 1.82) is 0 Å². The van der Waals surface area contributed by atoms with Gasteiger partial charge in [-0.2, -0.15) is 0 Å². The molecule has 3 rings (SSSR count). The molecule has 0 atom stereocenters. The highest BCUT2D eigenvalue weighted by molar-refractivity contribution is 5.83. The van der Waals surface area contributed by atoms with Crippen molar-refractivity contribution in [1.82, 2.24) is 9.63 Å². The van der Waals surface area contributed by atoms with Crippen LogP contribution in [0.2, 0.25) is 0 Å². The van der Waals surface area contributed by atoms with Crippen molar-refractivity contribution in [2.75, 3.05) is 21.3 Å². The van der Waals surface area contributed by atoms with Gasteiger partial charge in [0.1, 0.15) is 5.75 Å². The highest BCUT2D eigenvalue weighted by atomic mass is 16.7. The largest absolute Gasteiger partial charge is 0.497 e. The predicted octanol–water partition coefficient (Wildman–Crippen LogP) is 3.26. The van der Waals surface area contributed by atoms with E-state index in [0.717, 1.165) is 28.8 Å². The third-order valence-electron chi connectivity index (χ3n) is 4.33. The lowest BCUT2D eigenvalue weighted by molar-refractivity contribution is -0.167. The van der Waals surface area contributed by atoms with Crippen LogP contribution in [0.15, 0.2) is 54.7 Å². The van der Waals surface area contributed by atoms with Crippen LogP contribution in [0.3, 0.4) is 0 Å². The maximum atomic E-state index is 12.0. The van der Waals surface area contributed by atoms with Crippen LogP contribution in [-0.2, 0) is 22.6 Å². The SMILES string of the molecule is COc1ccc(Cn2ccc3ccc(CC(=O)N(C)OC)cc32)cc1. The summed E-state index contributed by atoms with van der Waals surface area (Å²) >= 11 is 0. The summed E-state index contributed by atoms with van der Waals surface area (Å²) < 4.78 is 7.39. The van der Waals surface area contributed by atoms with Crippen molar-refractivity contribution >= 4 is 16.8 Å². The molecule has 0 saturated carbocycles. The lowest BCUT2D eigenvalue weighted by Gasteiger charge is -2.13. The third-order valence-corrected chi connectivity index (χ3v) is 4.33.